The van der Waals surface area contributed by atoms with Crippen LogP contribution in [0.2, 0.25) is 0 Å². The van der Waals surface area contributed by atoms with E-state index in [0.717, 1.165) is 57.0 Å². The normalized spacial score (nSPS) is 24.0. The van der Waals surface area contributed by atoms with Crippen molar-refractivity contribution in [1.29, 1.82) is 0 Å². The van der Waals surface area contributed by atoms with Crippen molar-refractivity contribution in [3.8, 4) is 0 Å². The lowest BCUT2D eigenvalue weighted by Gasteiger charge is -2.16. The molecule has 0 radical (unpaired) electrons. The van der Waals surface area contributed by atoms with Gasteiger partial charge in [-0.25, -0.2) is 0 Å². The topological polar surface area (TPSA) is 68.2 Å². The fourth-order valence-electron chi connectivity index (χ4n) is 2.57. The number of hydrogen-bond donors (Lipinski definition) is 1. The quantitative estimate of drug-likeness (QED) is 0.832. The van der Waals surface area contributed by atoms with E-state index in [9.17, 15) is 0 Å². The van der Waals surface area contributed by atoms with Crippen molar-refractivity contribution in [1.82, 2.24) is 15.0 Å². The molecule has 1 aromatic rings. The summed E-state index contributed by atoms with van der Waals surface area (Å²) in [6.07, 6.45) is 4.00. The summed E-state index contributed by atoms with van der Waals surface area (Å²) in [6.45, 7) is 7.48. The Labute approximate surface area is 109 Å². The molecule has 0 bridgehead atoms. The van der Waals surface area contributed by atoms with Crippen LogP contribution in [0.4, 0.5) is 0 Å². The molecule has 2 atom stereocenters. The Morgan fingerprint density at radius 2 is 2.11 bits per heavy atom. The molecule has 1 aromatic heterocycles. The van der Waals surface area contributed by atoms with Crippen LogP contribution in [-0.4, -0.2) is 40.7 Å². The predicted molar refractivity (Wildman–Crippen MR) is 70.4 cm³/mol. The molecule has 1 aliphatic rings. The van der Waals surface area contributed by atoms with Gasteiger partial charge in [-0.15, -0.1) is 0 Å². The molecule has 0 saturated heterocycles. The van der Waals surface area contributed by atoms with Crippen molar-refractivity contribution in [3.63, 3.8) is 0 Å². The van der Waals surface area contributed by atoms with Crippen LogP contribution in [0, 0.1) is 0 Å². The molecule has 5 nitrogen and oxygen atoms in total. The summed E-state index contributed by atoms with van der Waals surface area (Å²) in [5.74, 6) is 2.00. The average molecular weight is 252 g/mol. The zero-order valence-corrected chi connectivity index (χ0v) is 11.4. The molecule has 1 heterocycles. The van der Waals surface area contributed by atoms with E-state index in [1.807, 2.05) is 0 Å². The van der Waals surface area contributed by atoms with Crippen molar-refractivity contribution in [2.45, 2.75) is 51.5 Å². The van der Waals surface area contributed by atoms with E-state index in [4.69, 9.17) is 10.3 Å². The van der Waals surface area contributed by atoms with Gasteiger partial charge in [-0.05, 0) is 32.4 Å². The molecule has 102 valence electrons. The summed E-state index contributed by atoms with van der Waals surface area (Å²) >= 11 is 0. The van der Waals surface area contributed by atoms with Gasteiger partial charge in [0.15, 0.2) is 5.82 Å². The highest BCUT2D eigenvalue weighted by Gasteiger charge is 2.27. The smallest absolute Gasteiger partial charge is 0.229 e. The molecule has 0 aliphatic heterocycles. The lowest BCUT2D eigenvalue weighted by Crippen LogP contribution is -2.25. The Hall–Kier alpha value is -0.940. The third-order valence-electron chi connectivity index (χ3n) is 3.85. The summed E-state index contributed by atoms with van der Waals surface area (Å²) in [7, 11) is 0. The first kappa shape index (κ1) is 13.5. The van der Waals surface area contributed by atoms with Crippen molar-refractivity contribution in [3.05, 3.63) is 11.7 Å². The van der Waals surface area contributed by atoms with Crippen LogP contribution in [0.3, 0.4) is 0 Å². The van der Waals surface area contributed by atoms with E-state index in [1.54, 1.807) is 0 Å². The average Bonchev–Trinajstić information content (AvgIpc) is 2.99. The first-order chi connectivity index (χ1) is 8.72. The maximum Gasteiger partial charge on any atom is 0.229 e. The molecule has 5 heteroatoms. The molecule has 0 aromatic carbocycles. The lowest BCUT2D eigenvalue weighted by atomic mass is 10.1. The first-order valence-electron chi connectivity index (χ1n) is 7.03. The maximum absolute atomic E-state index is 5.91. The summed E-state index contributed by atoms with van der Waals surface area (Å²) in [6, 6.07) is 0.307. The third kappa shape index (κ3) is 3.29. The summed E-state index contributed by atoms with van der Waals surface area (Å²) < 4.78 is 5.36. The van der Waals surface area contributed by atoms with Gasteiger partial charge in [-0.2, -0.15) is 4.98 Å². The largest absolute Gasteiger partial charge is 0.339 e. The molecule has 1 aliphatic carbocycles. The van der Waals surface area contributed by atoms with E-state index in [2.05, 4.69) is 28.9 Å². The van der Waals surface area contributed by atoms with Gasteiger partial charge >= 0.3 is 0 Å². The van der Waals surface area contributed by atoms with Gasteiger partial charge in [-0.3, -0.25) is 0 Å². The van der Waals surface area contributed by atoms with Gasteiger partial charge in [-0.1, -0.05) is 19.0 Å². The number of likely N-dealkylation sites (N-methyl/N-ethyl adjacent to an activating group) is 1. The SMILES string of the molecule is CCN(CC)CCc1noc(C2CCC(N)C2)n1. The number of hydrogen-bond acceptors (Lipinski definition) is 5. The maximum atomic E-state index is 5.91. The summed E-state index contributed by atoms with van der Waals surface area (Å²) in [4.78, 5) is 6.87. The van der Waals surface area contributed by atoms with Crippen molar-refractivity contribution < 1.29 is 4.52 Å². The van der Waals surface area contributed by atoms with E-state index in [-0.39, 0.29) is 0 Å². The zero-order valence-electron chi connectivity index (χ0n) is 11.4. The number of nitrogens with two attached hydrogens (primary N) is 1. The van der Waals surface area contributed by atoms with Gasteiger partial charge in [0.05, 0.1) is 0 Å². The van der Waals surface area contributed by atoms with Crippen LogP contribution < -0.4 is 5.73 Å². The molecule has 18 heavy (non-hydrogen) atoms. The molecule has 0 amide bonds. The monoisotopic (exact) mass is 252 g/mol. The second kappa shape index (κ2) is 6.29. The molecule has 0 spiro atoms. The van der Waals surface area contributed by atoms with Gasteiger partial charge in [0.1, 0.15) is 0 Å². The van der Waals surface area contributed by atoms with Crippen molar-refractivity contribution in [2.75, 3.05) is 19.6 Å². The molecule has 1 saturated carbocycles. The number of aromatic nitrogens is 2. The minimum Gasteiger partial charge on any atom is -0.339 e. The molecule has 2 rings (SSSR count). The number of rotatable bonds is 6. The molecular weight excluding hydrogens is 228 g/mol. The Morgan fingerprint density at radius 3 is 2.72 bits per heavy atom. The van der Waals surface area contributed by atoms with Crippen LogP contribution in [0.1, 0.15) is 50.7 Å². The third-order valence-corrected chi connectivity index (χ3v) is 3.85. The van der Waals surface area contributed by atoms with Crippen LogP contribution in [0.5, 0.6) is 0 Å². The highest BCUT2D eigenvalue weighted by molar-refractivity contribution is 4.99. The fourth-order valence-corrected chi connectivity index (χ4v) is 2.57. The Morgan fingerprint density at radius 1 is 1.33 bits per heavy atom. The minimum absolute atomic E-state index is 0.307. The van der Waals surface area contributed by atoms with Crippen molar-refractivity contribution in [2.24, 2.45) is 5.73 Å². The van der Waals surface area contributed by atoms with Crippen LogP contribution in [0.25, 0.3) is 0 Å². The van der Waals surface area contributed by atoms with Gasteiger partial charge in [0, 0.05) is 24.9 Å². The van der Waals surface area contributed by atoms with Crippen LogP contribution >= 0.6 is 0 Å². The summed E-state index contributed by atoms with van der Waals surface area (Å²) in [5, 5.41) is 4.07. The van der Waals surface area contributed by atoms with Gasteiger partial charge in [0.2, 0.25) is 5.89 Å². The highest BCUT2D eigenvalue weighted by Crippen LogP contribution is 2.32. The molecule has 1 fully saturated rings. The van der Waals surface area contributed by atoms with Crippen LogP contribution in [-0.2, 0) is 6.42 Å². The Balaban J connectivity index is 1.86. The van der Waals surface area contributed by atoms with Gasteiger partial charge in [0.25, 0.3) is 0 Å². The van der Waals surface area contributed by atoms with Gasteiger partial charge < -0.3 is 15.2 Å². The van der Waals surface area contributed by atoms with E-state index >= 15 is 0 Å². The molecule has 2 unspecified atom stereocenters. The van der Waals surface area contributed by atoms with Crippen LogP contribution in [0.15, 0.2) is 4.52 Å². The van der Waals surface area contributed by atoms with Crippen molar-refractivity contribution >= 4 is 0 Å². The lowest BCUT2D eigenvalue weighted by molar-refractivity contribution is 0.302. The Kier molecular flexibility index (Phi) is 4.72. The van der Waals surface area contributed by atoms with E-state index in [1.165, 1.54) is 0 Å². The highest BCUT2D eigenvalue weighted by atomic mass is 16.5. The van der Waals surface area contributed by atoms with E-state index < -0.39 is 0 Å². The fraction of sp³-hybridized carbons (Fsp3) is 0.846. The Bertz CT molecular complexity index is 362. The zero-order chi connectivity index (χ0) is 13.0. The standard InChI is InChI=1S/C13H24N4O/c1-3-17(4-2)8-7-12-15-13(18-16-12)10-5-6-11(14)9-10/h10-11H,3-9,14H2,1-2H3. The molecule has 2 N–H and O–H groups in total. The van der Waals surface area contributed by atoms with E-state index in [0.29, 0.717) is 12.0 Å². The molecular formula is C13H24N4O. The summed E-state index contributed by atoms with van der Waals surface area (Å²) in [5.41, 5.74) is 5.91. The predicted octanol–water partition coefficient (Wildman–Crippen LogP) is 1.55. The minimum atomic E-state index is 0.307. The first-order valence-corrected chi connectivity index (χ1v) is 7.03. The number of nitrogens with zero attached hydrogens (tertiary/aromatic N) is 3. The second-order valence-corrected chi connectivity index (χ2v) is 5.10. The second-order valence-electron chi connectivity index (χ2n) is 5.10.